The molecule has 2 rings (SSSR count). The van der Waals surface area contributed by atoms with Crippen LogP contribution in [0.2, 0.25) is 0 Å². The standard InChI is InChI=1S/C10H8INO/c11-8-1-4-10(7(5-8)6-12)13-9-2-3-9/h1,4-5,9H,2-3H2. The van der Waals surface area contributed by atoms with Gasteiger partial charge in [-0.15, -0.1) is 0 Å². The molecule has 1 fully saturated rings. The van der Waals surface area contributed by atoms with E-state index in [1.807, 2.05) is 18.2 Å². The van der Waals surface area contributed by atoms with Crippen LogP contribution in [0, 0.1) is 14.9 Å². The van der Waals surface area contributed by atoms with Gasteiger partial charge in [0.05, 0.1) is 11.7 Å². The van der Waals surface area contributed by atoms with Crippen molar-refractivity contribution in [3.63, 3.8) is 0 Å². The first-order valence-corrected chi connectivity index (χ1v) is 5.24. The molecule has 1 saturated carbocycles. The van der Waals surface area contributed by atoms with Gasteiger partial charge in [-0.1, -0.05) is 0 Å². The minimum Gasteiger partial charge on any atom is -0.489 e. The summed E-state index contributed by atoms with van der Waals surface area (Å²) in [7, 11) is 0. The van der Waals surface area contributed by atoms with E-state index in [1.165, 1.54) is 0 Å². The summed E-state index contributed by atoms with van der Waals surface area (Å²) in [6.07, 6.45) is 2.60. The highest BCUT2D eigenvalue weighted by molar-refractivity contribution is 14.1. The zero-order chi connectivity index (χ0) is 9.26. The van der Waals surface area contributed by atoms with Crippen LogP contribution in [0.3, 0.4) is 0 Å². The van der Waals surface area contributed by atoms with Crippen LogP contribution in [0.4, 0.5) is 0 Å². The van der Waals surface area contributed by atoms with Crippen molar-refractivity contribution in [2.75, 3.05) is 0 Å². The Labute approximate surface area is 90.7 Å². The molecule has 0 radical (unpaired) electrons. The Morgan fingerprint density at radius 1 is 1.46 bits per heavy atom. The van der Waals surface area contributed by atoms with Crippen molar-refractivity contribution in [1.29, 1.82) is 5.26 Å². The Bertz CT molecular complexity index is 366. The van der Waals surface area contributed by atoms with E-state index in [0.29, 0.717) is 11.7 Å². The average molecular weight is 285 g/mol. The minimum atomic E-state index is 0.354. The molecule has 1 aliphatic rings. The van der Waals surface area contributed by atoms with Gasteiger partial charge in [0.2, 0.25) is 0 Å². The van der Waals surface area contributed by atoms with E-state index in [0.717, 1.165) is 22.2 Å². The number of ether oxygens (including phenoxy) is 1. The first kappa shape index (κ1) is 8.82. The lowest BCUT2D eigenvalue weighted by molar-refractivity contribution is 0.302. The average Bonchev–Trinajstić information content (AvgIpc) is 2.92. The molecule has 0 aliphatic heterocycles. The maximum Gasteiger partial charge on any atom is 0.137 e. The van der Waals surface area contributed by atoms with Gasteiger partial charge in [0, 0.05) is 3.57 Å². The molecule has 1 aromatic carbocycles. The molecule has 1 aromatic rings. The molecule has 13 heavy (non-hydrogen) atoms. The Morgan fingerprint density at radius 3 is 2.85 bits per heavy atom. The van der Waals surface area contributed by atoms with Gasteiger partial charge in [0.25, 0.3) is 0 Å². The maximum absolute atomic E-state index is 8.84. The van der Waals surface area contributed by atoms with Gasteiger partial charge in [-0.25, -0.2) is 0 Å². The van der Waals surface area contributed by atoms with Crippen LogP contribution < -0.4 is 4.74 Å². The summed E-state index contributed by atoms with van der Waals surface area (Å²) in [5, 5.41) is 8.84. The molecule has 2 nitrogen and oxygen atoms in total. The summed E-state index contributed by atoms with van der Waals surface area (Å²) in [4.78, 5) is 0. The maximum atomic E-state index is 8.84. The van der Waals surface area contributed by atoms with Crippen LogP contribution in [0.15, 0.2) is 18.2 Å². The van der Waals surface area contributed by atoms with Crippen LogP contribution >= 0.6 is 22.6 Å². The summed E-state index contributed by atoms with van der Waals surface area (Å²) >= 11 is 2.19. The van der Waals surface area contributed by atoms with Gasteiger partial charge >= 0.3 is 0 Å². The topological polar surface area (TPSA) is 33.0 Å². The predicted molar refractivity (Wildman–Crippen MR) is 57.5 cm³/mol. The van der Waals surface area contributed by atoms with Crippen LogP contribution in [0.5, 0.6) is 5.75 Å². The first-order valence-electron chi connectivity index (χ1n) is 4.16. The Hall–Kier alpha value is -0.760. The number of benzene rings is 1. The van der Waals surface area contributed by atoms with Gasteiger partial charge in [0.15, 0.2) is 0 Å². The lowest BCUT2D eigenvalue weighted by Crippen LogP contribution is -1.98. The molecule has 3 heteroatoms. The fourth-order valence-corrected chi connectivity index (χ4v) is 1.55. The molecule has 66 valence electrons. The molecule has 0 spiro atoms. The van der Waals surface area contributed by atoms with Crippen molar-refractivity contribution in [3.8, 4) is 11.8 Å². The van der Waals surface area contributed by atoms with Gasteiger partial charge in [-0.3, -0.25) is 0 Å². The third kappa shape index (κ3) is 2.13. The van der Waals surface area contributed by atoms with Gasteiger partial charge in [-0.2, -0.15) is 5.26 Å². The smallest absolute Gasteiger partial charge is 0.137 e. The molecule has 1 aliphatic carbocycles. The van der Waals surface area contributed by atoms with Crippen LogP contribution in [-0.2, 0) is 0 Å². The lowest BCUT2D eigenvalue weighted by Gasteiger charge is -2.05. The number of hydrogen-bond acceptors (Lipinski definition) is 2. The summed E-state index contributed by atoms with van der Waals surface area (Å²) in [5.41, 5.74) is 0.638. The second-order valence-corrected chi connectivity index (χ2v) is 4.32. The van der Waals surface area contributed by atoms with Gasteiger partial charge < -0.3 is 4.74 Å². The fraction of sp³-hybridized carbons (Fsp3) is 0.300. The summed E-state index contributed by atoms with van der Waals surface area (Å²) in [6.45, 7) is 0. The summed E-state index contributed by atoms with van der Waals surface area (Å²) in [5.74, 6) is 0.727. The zero-order valence-corrected chi connectivity index (χ0v) is 9.11. The Kier molecular flexibility index (Phi) is 2.40. The van der Waals surface area contributed by atoms with Crippen LogP contribution in [0.25, 0.3) is 0 Å². The first-order chi connectivity index (χ1) is 6.29. The monoisotopic (exact) mass is 285 g/mol. The molecular weight excluding hydrogens is 277 g/mol. The quantitative estimate of drug-likeness (QED) is 0.783. The number of rotatable bonds is 2. The third-order valence-electron chi connectivity index (χ3n) is 1.88. The van der Waals surface area contributed by atoms with Crippen molar-refractivity contribution in [2.24, 2.45) is 0 Å². The van der Waals surface area contributed by atoms with Gasteiger partial charge in [0.1, 0.15) is 11.8 Å². The minimum absolute atomic E-state index is 0.354. The highest BCUT2D eigenvalue weighted by atomic mass is 127. The van der Waals surface area contributed by atoms with E-state index in [2.05, 4.69) is 28.7 Å². The normalized spacial score (nSPS) is 15.1. The largest absolute Gasteiger partial charge is 0.489 e. The van der Waals surface area contributed by atoms with Crippen molar-refractivity contribution >= 4 is 22.6 Å². The van der Waals surface area contributed by atoms with Gasteiger partial charge in [-0.05, 0) is 53.6 Å². The second-order valence-electron chi connectivity index (χ2n) is 3.07. The van der Waals surface area contributed by atoms with Crippen molar-refractivity contribution in [3.05, 3.63) is 27.3 Å². The van der Waals surface area contributed by atoms with E-state index >= 15 is 0 Å². The van der Waals surface area contributed by atoms with E-state index in [4.69, 9.17) is 10.00 Å². The third-order valence-corrected chi connectivity index (χ3v) is 2.55. The number of halogens is 1. The molecule has 0 amide bonds. The summed E-state index contributed by atoms with van der Waals surface area (Å²) in [6, 6.07) is 7.82. The van der Waals surface area contributed by atoms with Crippen molar-refractivity contribution in [1.82, 2.24) is 0 Å². The number of hydrogen-bond donors (Lipinski definition) is 0. The molecule has 0 aromatic heterocycles. The second kappa shape index (κ2) is 3.54. The number of nitrogens with zero attached hydrogens (tertiary/aromatic N) is 1. The molecule has 0 bridgehead atoms. The van der Waals surface area contributed by atoms with Crippen molar-refractivity contribution < 1.29 is 4.74 Å². The van der Waals surface area contributed by atoms with Crippen LogP contribution in [0.1, 0.15) is 18.4 Å². The highest BCUT2D eigenvalue weighted by Gasteiger charge is 2.24. The molecule has 0 saturated heterocycles. The van der Waals surface area contributed by atoms with Crippen molar-refractivity contribution in [2.45, 2.75) is 18.9 Å². The van der Waals surface area contributed by atoms with E-state index in [9.17, 15) is 0 Å². The fourth-order valence-electron chi connectivity index (χ4n) is 1.06. The molecule has 0 heterocycles. The molecule has 0 unspecified atom stereocenters. The molecule has 0 atom stereocenters. The molecule has 0 N–H and O–H groups in total. The SMILES string of the molecule is N#Cc1cc(I)ccc1OC1CC1. The van der Waals surface area contributed by atoms with E-state index < -0.39 is 0 Å². The highest BCUT2D eigenvalue weighted by Crippen LogP contribution is 2.29. The lowest BCUT2D eigenvalue weighted by atomic mass is 10.2. The summed E-state index contributed by atoms with van der Waals surface area (Å²) < 4.78 is 6.64. The molecular formula is C10H8INO. The Balaban J connectivity index is 2.27. The van der Waals surface area contributed by atoms with E-state index in [1.54, 1.807) is 0 Å². The van der Waals surface area contributed by atoms with Crippen LogP contribution in [-0.4, -0.2) is 6.10 Å². The predicted octanol–water partition coefficient (Wildman–Crippen LogP) is 2.70. The zero-order valence-electron chi connectivity index (χ0n) is 6.96. The Morgan fingerprint density at radius 2 is 2.23 bits per heavy atom. The number of nitriles is 1. The van der Waals surface area contributed by atoms with E-state index in [-0.39, 0.29) is 0 Å².